The molecule has 3 aromatic rings. The maximum absolute atomic E-state index is 13.6. The number of piperidine rings is 1. The van der Waals surface area contributed by atoms with Crippen LogP contribution in [0.15, 0.2) is 66.7 Å². The summed E-state index contributed by atoms with van der Waals surface area (Å²) in [5, 5.41) is 0. The van der Waals surface area contributed by atoms with E-state index in [0.717, 1.165) is 49.5 Å². The van der Waals surface area contributed by atoms with E-state index < -0.39 is 5.82 Å². The number of nitrogens with zero attached hydrogens (tertiary/aromatic N) is 2. The number of benzene rings is 3. The summed E-state index contributed by atoms with van der Waals surface area (Å²) in [4.78, 5) is 17.5. The van der Waals surface area contributed by atoms with Crippen LogP contribution in [0.4, 0.5) is 14.5 Å². The smallest absolute Gasteiger partial charge is 0.258 e. The van der Waals surface area contributed by atoms with Crippen LogP contribution in [0.5, 0.6) is 11.5 Å². The Morgan fingerprint density at radius 2 is 1.41 bits per heavy atom. The van der Waals surface area contributed by atoms with Crippen LogP contribution in [0, 0.1) is 11.6 Å². The summed E-state index contributed by atoms with van der Waals surface area (Å²) < 4.78 is 37.7. The van der Waals surface area contributed by atoms with Crippen LogP contribution in [0.2, 0.25) is 0 Å². The molecule has 1 amide bonds. The predicted molar refractivity (Wildman–Crippen MR) is 127 cm³/mol. The molecule has 3 aromatic carbocycles. The van der Waals surface area contributed by atoms with Crippen LogP contribution in [0.1, 0.15) is 28.8 Å². The Labute approximate surface area is 198 Å². The number of hydrogen-bond donors (Lipinski definition) is 0. The van der Waals surface area contributed by atoms with Gasteiger partial charge in [-0.25, -0.2) is 8.78 Å². The first kappa shape index (κ1) is 23.7. The molecule has 0 atom stereocenters. The zero-order valence-corrected chi connectivity index (χ0v) is 19.3. The molecule has 1 heterocycles. The van der Waals surface area contributed by atoms with Crippen molar-refractivity contribution >= 4 is 11.6 Å². The molecule has 178 valence electrons. The monoisotopic (exact) mass is 466 g/mol. The average Bonchev–Trinajstić information content (AvgIpc) is 2.86. The van der Waals surface area contributed by atoms with Gasteiger partial charge < -0.3 is 14.4 Å². The number of hydrogen-bond acceptors (Lipinski definition) is 4. The van der Waals surface area contributed by atoms with E-state index in [2.05, 4.69) is 4.90 Å². The van der Waals surface area contributed by atoms with Gasteiger partial charge in [0, 0.05) is 43.0 Å². The number of carbonyl (C=O) groups excluding carboxylic acids is 1. The normalized spacial score (nSPS) is 14.6. The lowest BCUT2D eigenvalue weighted by atomic mass is 10.00. The Morgan fingerprint density at radius 3 is 1.94 bits per heavy atom. The van der Waals surface area contributed by atoms with Crippen molar-refractivity contribution in [3.05, 3.63) is 89.5 Å². The van der Waals surface area contributed by atoms with Gasteiger partial charge in [0.25, 0.3) is 5.91 Å². The third-order valence-electron chi connectivity index (χ3n) is 6.15. The molecular formula is C27H28F2N2O3. The molecule has 34 heavy (non-hydrogen) atoms. The summed E-state index contributed by atoms with van der Waals surface area (Å²) in [6.07, 6.45) is 1.51. The van der Waals surface area contributed by atoms with Gasteiger partial charge >= 0.3 is 0 Å². The summed E-state index contributed by atoms with van der Waals surface area (Å²) >= 11 is 0. The second-order valence-electron chi connectivity index (χ2n) is 8.39. The van der Waals surface area contributed by atoms with Crippen molar-refractivity contribution in [1.82, 2.24) is 4.90 Å². The molecular weight excluding hydrogens is 438 g/mol. The van der Waals surface area contributed by atoms with Gasteiger partial charge in [-0.2, -0.15) is 0 Å². The molecule has 0 N–H and O–H groups in total. The minimum atomic E-state index is -0.396. The standard InChI is InChI=1S/C27H28F2N2O3/c1-33-25-15-19(16-26(17-25)34-2)18-30-13-11-24(12-14-30)31(23-9-7-22(29)8-10-23)27(32)20-3-5-21(28)6-4-20/h3-10,15-17,24H,11-14,18H2,1-2H3. The molecule has 4 rings (SSSR count). The van der Waals surface area contributed by atoms with E-state index in [9.17, 15) is 13.6 Å². The molecule has 1 aliphatic rings. The third kappa shape index (κ3) is 5.54. The minimum Gasteiger partial charge on any atom is -0.497 e. The lowest BCUT2D eigenvalue weighted by Crippen LogP contribution is -2.47. The highest BCUT2D eigenvalue weighted by molar-refractivity contribution is 6.06. The second kappa shape index (κ2) is 10.7. The first-order valence-electron chi connectivity index (χ1n) is 11.3. The molecule has 0 aliphatic carbocycles. The van der Waals surface area contributed by atoms with Crippen molar-refractivity contribution in [3.8, 4) is 11.5 Å². The first-order valence-corrected chi connectivity index (χ1v) is 11.3. The Balaban J connectivity index is 1.50. The van der Waals surface area contributed by atoms with E-state index in [0.29, 0.717) is 11.3 Å². The van der Waals surface area contributed by atoms with Gasteiger partial charge in [-0.3, -0.25) is 9.69 Å². The van der Waals surface area contributed by atoms with Gasteiger partial charge in [0.05, 0.1) is 14.2 Å². The molecule has 1 aliphatic heterocycles. The van der Waals surface area contributed by atoms with E-state index in [-0.39, 0.29) is 17.8 Å². The number of halogens is 2. The predicted octanol–water partition coefficient (Wildman–Crippen LogP) is 5.29. The zero-order valence-electron chi connectivity index (χ0n) is 19.3. The Kier molecular flexibility index (Phi) is 7.43. The summed E-state index contributed by atoms with van der Waals surface area (Å²) in [7, 11) is 3.26. The van der Waals surface area contributed by atoms with E-state index in [4.69, 9.17) is 9.47 Å². The number of amides is 1. The third-order valence-corrected chi connectivity index (χ3v) is 6.15. The maximum atomic E-state index is 13.6. The van der Waals surface area contributed by atoms with Crippen molar-refractivity contribution in [3.63, 3.8) is 0 Å². The van der Waals surface area contributed by atoms with Crippen LogP contribution >= 0.6 is 0 Å². The van der Waals surface area contributed by atoms with Gasteiger partial charge in [0.15, 0.2) is 0 Å². The first-order chi connectivity index (χ1) is 16.5. The summed E-state index contributed by atoms with van der Waals surface area (Å²) in [5.74, 6) is 0.518. The lowest BCUT2D eigenvalue weighted by Gasteiger charge is -2.38. The van der Waals surface area contributed by atoms with Crippen molar-refractivity contribution in [2.24, 2.45) is 0 Å². The highest BCUT2D eigenvalue weighted by Gasteiger charge is 2.30. The van der Waals surface area contributed by atoms with Crippen LogP contribution < -0.4 is 14.4 Å². The maximum Gasteiger partial charge on any atom is 0.258 e. The van der Waals surface area contributed by atoms with Crippen molar-refractivity contribution in [2.45, 2.75) is 25.4 Å². The average molecular weight is 467 g/mol. The molecule has 1 fully saturated rings. The number of carbonyl (C=O) groups is 1. The van der Waals surface area contributed by atoms with Crippen LogP contribution in [0.3, 0.4) is 0 Å². The molecule has 0 unspecified atom stereocenters. The Bertz CT molecular complexity index is 1090. The highest BCUT2D eigenvalue weighted by atomic mass is 19.1. The topological polar surface area (TPSA) is 42.0 Å². The molecule has 0 saturated carbocycles. The van der Waals surface area contributed by atoms with Gasteiger partial charge in [0.1, 0.15) is 23.1 Å². The highest BCUT2D eigenvalue weighted by Crippen LogP contribution is 2.28. The molecule has 0 bridgehead atoms. The van der Waals surface area contributed by atoms with Crippen molar-refractivity contribution < 1.29 is 23.0 Å². The van der Waals surface area contributed by atoms with Gasteiger partial charge in [0.2, 0.25) is 0 Å². The molecule has 7 heteroatoms. The SMILES string of the molecule is COc1cc(CN2CCC(N(C(=O)c3ccc(F)cc3)c3ccc(F)cc3)CC2)cc(OC)c1. The van der Waals surface area contributed by atoms with Gasteiger partial charge in [-0.1, -0.05) is 0 Å². The lowest BCUT2D eigenvalue weighted by molar-refractivity contribution is 0.0958. The van der Waals surface area contributed by atoms with E-state index in [1.54, 1.807) is 31.3 Å². The number of ether oxygens (including phenoxy) is 2. The van der Waals surface area contributed by atoms with Crippen molar-refractivity contribution in [1.29, 1.82) is 0 Å². The molecule has 0 radical (unpaired) electrons. The summed E-state index contributed by atoms with van der Waals surface area (Å²) in [6, 6.07) is 17.3. The van der Waals surface area contributed by atoms with E-state index in [1.165, 1.54) is 36.4 Å². The van der Waals surface area contributed by atoms with Crippen LogP contribution in [-0.4, -0.2) is 44.2 Å². The Hall–Kier alpha value is -3.45. The molecule has 0 spiro atoms. The summed E-state index contributed by atoms with van der Waals surface area (Å²) in [6.45, 7) is 2.32. The number of likely N-dealkylation sites (tertiary alicyclic amines) is 1. The number of anilines is 1. The minimum absolute atomic E-state index is 0.0564. The zero-order chi connectivity index (χ0) is 24.1. The van der Waals surface area contributed by atoms with E-state index >= 15 is 0 Å². The Morgan fingerprint density at radius 1 is 0.882 bits per heavy atom. The quantitative estimate of drug-likeness (QED) is 0.474. The fraction of sp³-hybridized carbons (Fsp3) is 0.296. The number of methoxy groups -OCH3 is 2. The molecule has 5 nitrogen and oxygen atoms in total. The largest absolute Gasteiger partial charge is 0.497 e. The summed E-state index contributed by atoms with van der Waals surface area (Å²) in [5.41, 5.74) is 2.12. The van der Waals surface area contributed by atoms with Crippen LogP contribution in [-0.2, 0) is 6.54 Å². The fourth-order valence-electron chi connectivity index (χ4n) is 4.38. The second-order valence-corrected chi connectivity index (χ2v) is 8.39. The fourth-order valence-corrected chi connectivity index (χ4v) is 4.38. The van der Waals surface area contributed by atoms with E-state index in [1.807, 2.05) is 18.2 Å². The van der Waals surface area contributed by atoms with Crippen LogP contribution in [0.25, 0.3) is 0 Å². The van der Waals surface area contributed by atoms with Crippen molar-refractivity contribution in [2.75, 3.05) is 32.2 Å². The molecule has 0 aromatic heterocycles. The van der Waals surface area contributed by atoms with Gasteiger partial charge in [-0.05, 0) is 79.1 Å². The van der Waals surface area contributed by atoms with Gasteiger partial charge in [-0.15, -0.1) is 0 Å². The number of rotatable bonds is 7. The molecule has 1 saturated heterocycles.